The average Bonchev–Trinajstić information content (AvgIpc) is 2.93. The van der Waals surface area contributed by atoms with Crippen molar-refractivity contribution in [2.24, 2.45) is 0 Å². The van der Waals surface area contributed by atoms with Crippen molar-refractivity contribution in [3.05, 3.63) is 18.2 Å². The molecular formula is C11H12N4O3S. The van der Waals surface area contributed by atoms with Gasteiger partial charge >= 0.3 is 5.97 Å². The van der Waals surface area contributed by atoms with Gasteiger partial charge in [0.2, 0.25) is 11.0 Å². The molecule has 0 aliphatic carbocycles. The SMILES string of the molecule is COC(=O)CSc1n[nH]c(-c2cccc(OC)n2)n1. The molecule has 0 saturated carbocycles. The third kappa shape index (κ3) is 3.44. The Kier molecular flexibility index (Phi) is 4.35. The van der Waals surface area contributed by atoms with Gasteiger partial charge in [0.25, 0.3) is 0 Å². The number of ether oxygens (including phenoxy) is 2. The highest BCUT2D eigenvalue weighted by atomic mass is 32.2. The van der Waals surface area contributed by atoms with E-state index in [0.717, 1.165) is 0 Å². The van der Waals surface area contributed by atoms with E-state index < -0.39 is 0 Å². The molecule has 2 aromatic rings. The van der Waals surface area contributed by atoms with Crippen LogP contribution in [0.15, 0.2) is 23.4 Å². The summed E-state index contributed by atoms with van der Waals surface area (Å²) in [6.07, 6.45) is 0. The first-order valence-electron chi connectivity index (χ1n) is 5.36. The molecule has 19 heavy (non-hydrogen) atoms. The Labute approximate surface area is 113 Å². The van der Waals surface area contributed by atoms with E-state index in [1.807, 2.05) is 6.07 Å². The van der Waals surface area contributed by atoms with Gasteiger partial charge in [-0.05, 0) is 6.07 Å². The molecule has 0 saturated heterocycles. The van der Waals surface area contributed by atoms with E-state index in [-0.39, 0.29) is 11.7 Å². The summed E-state index contributed by atoms with van der Waals surface area (Å²) >= 11 is 1.19. The number of hydrogen-bond acceptors (Lipinski definition) is 7. The Morgan fingerprint density at radius 3 is 2.95 bits per heavy atom. The van der Waals surface area contributed by atoms with E-state index in [1.54, 1.807) is 19.2 Å². The lowest BCUT2D eigenvalue weighted by Crippen LogP contribution is -2.03. The predicted molar refractivity (Wildman–Crippen MR) is 68.9 cm³/mol. The van der Waals surface area contributed by atoms with Crippen molar-refractivity contribution in [1.29, 1.82) is 0 Å². The van der Waals surface area contributed by atoms with Gasteiger partial charge in [-0.1, -0.05) is 17.8 Å². The maximum absolute atomic E-state index is 11.0. The number of nitrogens with zero attached hydrogens (tertiary/aromatic N) is 3. The Balaban J connectivity index is 2.09. The van der Waals surface area contributed by atoms with Crippen LogP contribution in [0.1, 0.15) is 0 Å². The number of methoxy groups -OCH3 is 2. The maximum atomic E-state index is 11.0. The molecule has 1 N–H and O–H groups in total. The molecule has 0 amide bonds. The molecule has 2 heterocycles. The first kappa shape index (κ1) is 13.3. The van der Waals surface area contributed by atoms with Crippen LogP contribution in [0.25, 0.3) is 11.5 Å². The van der Waals surface area contributed by atoms with Crippen LogP contribution >= 0.6 is 11.8 Å². The van der Waals surface area contributed by atoms with Crippen molar-refractivity contribution >= 4 is 17.7 Å². The molecule has 2 rings (SSSR count). The van der Waals surface area contributed by atoms with E-state index in [0.29, 0.717) is 22.6 Å². The number of aromatic nitrogens is 4. The average molecular weight is 280 g/mol. The van der Waals surface area contributed by atoms with Crippen LogP contribution in [0.3, 0.4) is 0 Å². The smallest absolute Gasteiger partial charge is 0.316 e. The quantitative estimate of drug-likeness (QED) is 0.648. The lowest BCUT2D eigenvalue weighted by Gasteiger charge is -1.99. The molecule has 2 aromatic heterocycles. The molecule has 8 heteroatoms. The summed E-state index contributed by atoms with van der Waals surface area (Å²) in [5, 5.41) is 7.22. The van der Waals surface area contributed by atoms with Gasteiger partial charge in [0, 0.05) is 6.07 Å². The first-order chi connectivity index (χ1) is 9.22. The Hall–Kier alpha value is -2.09. The number of rotatable bonds is 5. The highest BCUT2D eigenvalue weighted by molar-refractivity contribution is 7.99. The van der Waals surface area contributed by atoms with Gasteiger partial charge in [0.1, 0.15) is 5.69 Å². The van der Waals surface area contributed by atoms with E-state index in [2.05, 4.69) is 24.9 Å². The number of H-pyrrole nitrogens is 1. The molecule has 0 aromatic carbocycles. The number of thioether (sulfide) groups is 1. The number of carbonyl (C=O) groups excluding carboxylic acids is 1. The summed E-state index contributed by atoms with van der Waals surface area (Å²) in [5.74, 6) is 0.860. The molecule has 0 aliphatic heterocycles. The van der Waals surface area contributed by atoms with Crippen molar-refractivity contribution in [1.82, 2.24) is 20.2 Å². The fraction of sp³-hybridized carbons (Fsp3) is 0.273. The molecule has 0 atom stereocenters. The maximum Gasteiger partial charge on any atom is 0.316 e. The van der Waals surface area contributed by atoms with Crippen molar-refractivity contribution in [3.63, 3.8) is 0 Å². The fourth-order valence-electron chi connectivity index (χ4n) is 1.27. The van der Waals surface area contributed by atoms with Gasteiger partial charge in [-0.15, -0.1) is 5.10 Å². The summed E-state index contributed by atoms with van der Waals surface area (Å²) < 4.78 is 9.58. The molecule has 0 bridgehead atoms. The molecule has 0 radical (unpaired) electrons. The van der Waals surface area contributed by atoms with Gasteiger partial charge in [-0.2, -0.15) is 4.98 Å². The number of carbonyl (C=O) groups is 1. The third-order valence-electron chi connectivity index (χ3n) is 2.19. The van der Waals surface area contributed by atoms with Crippen LogP contribution in [0.4, 0.5) is 0 Å². The Morgan fingerprint density at radius 1 is 1.37 bits per heavy atom. The van der Waals surface area contributed by atoms with Crippen LogP contribution in [0.5, 0.6) is 5.88 Å². The van der Waals surface area contributed by atoms with Crippen LogP contribution in [0, 0.1) is 0 Å². The normalized spacial score (nSPS) is 10.2. The Bertz CT molecular complexity index is 573. The van der Waals surface area contributed by atoms with Gasteiger partial charge in [0.05, 0.1) is 20.0 Å². The monoisotopic (exact) mass is 280 g/mol. The fourth-order valence-corrected chi connectivity index (χ4v) is 1.90. The zero-order valence-electron chi connectivity index (χ0n) is 10.4. The highest BCUT2D eigenvalue weighted by Gasteiger charge is 2.10. The van der Waals surface area contributed by atoms with Gasteiger partial charge < -0.3 is 9.47 Å². The van der Waals surface area contributed by atoms with Crippen molar-refractivity contribution in [2.75, 3.05) is 20.0 Å². The number of esters is 1. The van der Waals surface area contributed by atoms with Crippen molar-refractivity contribution < 1.29 is 14.3 Å². The lowest BCUT2D eigenvalue weighted by atomic mass is 10.3. The minimum Gasteiger partial charge on any atom is -0.481 e. The van der Waals surface area contributed by atoms with Crippen molar-refractivity contribution in [3.8, 4) is 17.4 Å². The number of nitrogens with one attached hydrogen (secondary N) is 1. The standard InChI is InChI=1S/C11H12N4O3S/c1-17-8-5-3-4-7(12-8)10-13-11(15-14-10)19-6-9(16)18-2/h3-5H,6H2,1-2H3,(H,13,14,15). The second-order valence-electron chi connectivity index (χ2n) is 3.40. The Morgan fingerprint density at radius 2 is 2.21 bits per heavy atom. The number of pyridine rings is 1. The van der Waals surface area contributed by atoms with E-state index in [9.17, 15) is 4.79 Å². The van der Waals surface area contributed by atoms with Crippen molar-refractivity contribution in [2.45, 2.75) is 5.16 Å². The molecule has 0 fully saturated rings. The molecule has 0 spiro atoms. The van der Waals surface area contributed by atoms with Crippen LogP contribution < -0.4 is 4.74 Å². The van der Waals surface area contributed by atoms with Gasteiger partial charge in [-0.3, -0.25) is 9.89 Å². The molecule has 7 nitrogen and oxygen atoms in total. The summed E-state index contributed by atoms with van der Waals surface area (Å²) in [6, 6.07) is 5.34. The highest BCUT2D eigenvalue weighted by Crippen LogP contribution is 2.19. The second-order valence-corrected chi connectivity index (χ2v) is 4.34. The largest absolute Gasteiger partial charge is 0.481 e. The van der Waals surface area contributed by atoms with Crippen LogP contribution in [0.2, 0.25) is 0 Å². The molecule has 100 valence electrons. The van der Waals surface area contributed by atoms with Crippen LogP contribution in [-0.4, -0.2) is 46.1 Å². The predicted octanol–water partition coefficient (Wildman–Crippen LogP) is 1.14. The zero-order valence-corrected chi connectivity index (χ0v) is 11.2. The minimum absolute atomic E-state index is 0.166. The van der Waals surface area contributed by atoms with E-state index in [1.165, 1.54) is 18.9 Å². The molecular weight excluding hydrogens is 268 g/mol. The zero-order chi connectivity index (χ0) is 13.7. The molecule has 0 aliphatic rings. The number of hydrogen-bond donors (Lipinski definition) is 1. The van der Waals surface area contributed by atoms with Gasteiger partial charge in [-0.25, -0.2) is 4.98 Å². The van der Waals surface area contributed by atoms with Gasteiger partial charge in [0.15, 0.2) is 5.82 Å². The summed E-state index contributed by atoms with van der Waals surface area (Å²) in [7, 11) is 2.89. The third-order valence-corrected chi connectivity index (χ3v) is 3.01. The summed E-state index contributed by atoms with van der Waals surface area (Å²) in [4.78, 5) is 19.5. The lowest BCUT2D eigenvalue weighted by molar-refractivity contribution is -0.137. The van der Waals surface area contributed by atoms with E-state index in [4.69, 9.17) is 4.74 Å². The molecule has 0 unspecified atom stereocenters. The second kappa shape index (κ2) is 6.19. The van der Waals surface area contributed by atoms with Crippen LogP contribution in [-0.2, 0) is 9.53 Å². The van der Waals surface area contributed by atoms with E-state index >= 15 is 0 Å². The minimum atomic E-state index is -0.323. The summed E-state index contributed by atoms with van der Waals surface area (Å²) in [6.45, 7) is 0. The summed E-state index contributed by atoms with van der Waals surface area (Å²) in [5.41, 5.74) is 0.622. The number of aromatic amines is 1. The first-order valence-corrected chi connectivity index (χ1v) is 6.35. The topological polar surface area (TPSA) is 90.0 Å².